The van der Waals surface area contributed by atoms with Gasteiger partial charge in [-0.15, -0.1) is 0 Å². The van der Waals surface area contributed by atoms with E-state index < -0.39 is 0 Å². The zero-order chi connectivity index (χ0) is 20.6. The fourth-order valence-corrected chi connectivity index (χ4v) is 7.34. The normalized spacial score (nSPS) is 44.5. The minimum atomic E-state index is 0.750. The highest BCUT2D eigenvalue weighted by atomic mass is 15.4. The molecule has 0 aromatic rings. The van der Waals surface area contributed by atoms with Crippen LogP contribution in [0.1, 0.15) is 68.2 Å². The summed E-state index contributed by atoms with van der Waals surface area (Å²) < 4.78 is 0. The second-order valence-corrected chi connectivity index (χ2v) is 11.4. The van der Waals surface area contributed by atoms with Crippen LogP contribution in [0.4, 0.5) is 0 Å². The van der Waals surface area contributed by atoms with Gasteiger partial charge in [0.05, 0.1) is 19.0 Å². The molecule has 9 atom stereocenters. The molecule has 0 spiro atoms. The molecule has 0 aromatic carbocycles. The minimum Gasteiger partial charge on any atom is -0.281 e. The second kappa shape index (κ2) is 9.04. The summed E-state index contributed by atoms with van der Waals surface area (Å²) in [5.74, 6) is 5.67. The molecule has 28 heavy (non-hydrogen) atoms. The van der Waals surface area contributed by atoms with Crippen LogP contribution in [0.3, 0.4) is 0 Å². The molecule has 2 aliphatic carbocycles. The molecule has 0 saturated carbocycles. The molecule has 0 amide bonds. The van der Waals surface area contributed by atoms with Crippen LogP contribution in [0, 0.1) is 41.4 Å². The van der Waals surface area contributed by atoms with E-state index >= 15 is 0 Å². The molecular weight excluding hydrogens is 340 g/mol. The molecule has 1 saturated heterocycles. The molecule has 0 bridgehead atoms. The van der Waals surface area contributed by atoms with Gasteiger partial charge in [0.2, 0.25) is 6.17 Å². The van der Waals surface area contributed by atoms with Crippen LogP contribution in [-0.2, 0) is 0 Å². The van der Waals surface area contributed by atoms with E-state index in [1.54, 1.807) is 11.1 Å². The number of hydrogen-bond acceptors (Lipinski definition) is 0. The lowest BCUT2D eigenvalue weighted by molar-refractivity contribution is -1.07. The van der Waals surface area contributed by atoms with Crippen molar-refractivity contribution in [2.45, 2.75) is 74.4 Å². The van der Waals surface area contributed by atoms with E-state index in [0.717, 1.165) is 47.6 Å². The van der Waals surface area contributed by atoms with Gasteiger partial charge in [0.15, 0.2) is 0 Å². The fourth-order valence-electron chi connectivity index (χ4n) is 7.34. The van der Waals surface area contributed by atoms with Crippen LogP contribution >= 0.6 is 0 Å². The van der Waals surface area contributed by atoms with Crippen molar-refractivity contribution in [3.63, 3.8) is 0 Å². The van der Waals surface area contributed by atoms with Gasteiger partial charge in [-0.25, -0.2) is 0 Å². The number of hydrogen-bond donors (Lipinski definition) is 2. The first-order chi connectivity index (χ1) is 13.2. The molecule has 3 aliphatic rings. The van der Waals surface area contributed by atoms with Gasteiger partial charge in [-0.2, -0.15) is 0 Å². The van der Waals surface area contributed by atoms with Gasteiger partial charge >= 0.3 is 0 Å². The molecule has 0 radical (unpaired) electrons. The Balaban J connectivity index is 1.69. The third-order valence-electron chi connectivity index (χ3n) is 8.50. The van der Waals surface area contributed by atoms with Gasteiger partial charge in [0.25, 0.3) is 0 Å². The lowest BCUT2D eigenvalue weighted by Gasteiger charge is -2.38. The van der Waals surface area contributed by atoms with Crippen LogP contribution in [0.25, 0.3) is 0 Å². The van der Waals surface area contributed by atoms with E-state index in [-0.39, 0.29) is 0 Å². The van der Waals surface area contributed by atoms with E-state index in [2.05, 4.69) is 67.5 Å². The molecule has 3 unspecified atom stereocenters. The lowest BCUT2D eigenvalue weighted by atomic mass is 9.74. The molecular formula is C26H48N2+2. The summed E-state index contributed by atoms with van der Waals surface area (Å²) in [6, 6.07) is 0. The molecule has 3 rings (SSSR count). The SMILES string of the molecule is CC1=C[C@H](C)[C@H](C[NH+]2CC[NH+](C[C@H]3[C@H](C)C=C(C)C[C@H]3C)C2C(C)C)[C@H](C)C1. The van der Waals surface area contributed by atoms with Gasteiger partial charge in [0.1, 0.15) is 13.1 Å². The largest absolute Gasteiger partial charge is 0.281 e. The van der Waals surface area contributed by atoms with Crippen LogP contribution in [0.15, 0.2) is 23.3 Å². The maximum absolute atomic E-state index is 2.56. The Morgan fingerprint density at radius 3 is 1.50 bits per heavy atom. The van der Waals surface area contributed by atoms with Crippen LogP contribution in [-0.4, -0.2) is 32.3 Å². The molecule has 1 fully saturated rings. The maximum Gasteiger partial charge on any atom is 0.216 e. The first-order valence-corrected chi connectivity index (χ1v) is 12.2. The highest BCUT2D eigenvalue weighted by molar-refractivity contribution is 5.09. The first-order valence-electron chi connectivity index (χ1n) is 12.2. The van der Waals surface area contributed by atoms with Gasteiger partial charge < -0.3 is 0 Å². The summed E-state index contributed by atoms with van der Waals surface area (Å²) in [5, 5.41) is 0. The Kier molecular flexibility index (Phi) is 7.14. The van der Waals surface area contributed by atoms with Gasteiger partial charge in [-0.1, -0.05) is 64.8 Å². The Hall–Kier alpha value is -0.600. The Morgan fingerprint density at radius 1 is 0.786 bits per heavy atom. The summed E-state index contributed by atoms with van der Waals surface area (Å²) in [6.45, 7) is 25.1. The minimum absolute atomic E-state index is 0.750. The van der Waals surface area contributed by atoms with Gasteiger partial charge in [0, 0.05) is 11.8 Å². The monoisotopic (exact) mass is 388 g/mol. The summed E-state index contributed by atoms with van der Waals surface area (Å²) >= 11 is 0. The number of nitrogens with one attached hydrogen (secondary N) is 2. The molecule has 1 heterocycles. The van der Waals surface area contributed by atoms with Gasteiger partial charge in [-0.05, 0) is 50.4 Å². The average Bonchev–Trinajstić information content (AvgIpc) is 2.96. The predicted molar refractivity (Wildman–Crippen MR) is 120 cm³/mol. The topological polar surface area (TPSA) is 8.88 Å². The van der Waals surface area contributed by atoms with Crippen molar-refractivity contribution in [3.8, 4) is 0 Å². The quantitative estimate of drug-likeness (QED) is 0.669. The maximum atomic E-state index is 2.56. The third-order valence-corrected chi connectivity index (χ3v) is 8.50. The lowest BCUT2D eigenvalue weighted by Crippen LogP contribution is -3.30. The predicted octanol–water partition coefficient (Wildman–Crippen LogP) is 3.23. The Bertz CT molecular complexity index is 541. The average molecular weight is 389 g/mol. The van der Waals surface area contributed by atoms with Crippen LogP contribution in [0.2, 0.25) is 0 Å². The zero-order valence-electron chi connectivity index (χ0n) is 20.0. The van der Waals surface area contributed by atoms with Crippen molar-refractivity contribution < 1.29 is 9.80 Å². The summed E-state index contributed by atoms with van der Waals surface area (Å²) in [6.07, 6.45) is 8.55. The van der Waals surface area contributed by atoms with Crippen molar-refractivity contribution in [1.29, 1.82) is 0 Å². The number of allylic oxidation sites excluding steroid dienone is 4. The fraction of sp³-hybridized carbons (Fsp3) is 0.846. The second-order valence-electron chi connectivity index (χ2n) is 11.4. The third kappa shape index (κ3) is 4.75. The molecule has 2 nitrogen and oxygen atoms in total. The van der Waals surface area contributed by atoms with E-state index in [4.69, 9.17) is 0 Å². The molecule has 1 aliphatic heterocycles. The van der Waals surface area contributed by atoms with E-state index in [1.807, 2.05) is 9.80 Å². The summed E-state index contributed by atoms with van der Waals surface area (Å²) in [7, 11) is 0. The Labute approximate surface area is 175 Å². The number of quaternary nitrogens is 2. The number of rotatable bonds is 5. The molecule has 160 valence electrons. The van der Waals surface area contributed by atoms with E-state index in [9.17, 15) is 0 Å². The highest BCUT2D eigenvalue weighted by Gasteiger charge is 2.45. The van der Waals surface area contributed by atoms with Crippen molar-refractivity contribution in [2.75, 3.05) is 26.2 Å². The van der Waals surface area contributed by atoms with Crippen molar-refractivity contribution in [3.05, 3.63) is 23.3 Å². The molecule has 2 heteroatoms. The highest BCUT2D eigenvalue weighted by Crippen LogP contribution is 2.33. The molecule has 0 aromatic heterocycles. The zero-order valence-corrected chi connectivity index (χ0v) is 20.0. The van der Waals surface area contributed by atoms with Crippen molar-refractivity contribution in [2.24, 2.45) is 41.4 Å². The summed E-state index contributed by atoms with van der Waals surface area (Å²) in [5.41, 5.74) is 3.23. The van der Waals surface area contributed by atoms with Crippen LogP contribution in [0.5, 0.6) is 0 Å². The smallest absolute Gasteiger partial charge is 0.216 e. The summed E-state index contributed by atoms with van der Waals surface area (Å²) in [4.78, 5) is 3.81. The standard InChI is InChI=1S/C26H46N2/c1-17(2)26-27(15-24-20(5)11-18(3)12-21(24)6)9-10-28(26)16-25-22(7)13-19(4)14-23(25)8/h11,13,17,20-26H,9-10,12,14-16H2,1-8H3/p+2/t20-,21-,22+,23-,24+,25+,26?/m1/s1. The van der Waals surface area contributed by atoms with E-state index in [1.165, 1.54) is 39.0 Å². The van der Waals surface area contributed by atoms with Crippen LogP contribution < -0.4 is 9.80 Å². The Morgan fingerprint density at radius 2 is 1.18 bits per heavy atom. The van der Waals surface area contributed by atoms with Gasteiger partial charge in [-0.3, -0.25) is 9.80 Å². The van der Waals surface area contributed by atoms with E-state index in [0.29, 0.717) is 0 Å². The molecule has 2 N–H and O–H groups in total. The van der Waals surface area contributed by atoms with Crippen molar-refractivity contribution >= 4 is 0 Å². The van der Waals surface area contributed by atoms with Crippen molar-refractivity contribution in [1.82, 2.24) is 0 Å². The first kappa shape index (κ1) is 22.1.